The summed E-state index contributed by atoms with van der Waals surface area (Å²) < 4.78 is 5.58. The summed E-state index contributed by atoms with van der Waals surface area (Å²) >= 11 is 0. The van der Waals surface area contributed by atoms with Crippen LogP contribution in [0.3, 0.4) is 0 Å². The summed E-state index contributed by atoms with van der Waals surface area (Å²) in [5, 5.41) is 8.55. The van der Waals surface area contributed by atoms with Gasteiger partial charge in [-0.25, -0.2) is 4.79 Å². The van der Waals surface area contributed by atoms with Crippen LogP contribution in [0.15, 0.2) is 24.3 Å². The second-order valence-corrected chi connectivity index (χ2v) is 5.68. The molecule has 0 spiro atoms. The highest BCUT2D eigenvalue weighted by atomic mass is 16.5. The Labute approximate surface area is 129 Å². The zero-order chi connectivity index (χ0) is 15.4. The van der Waals surface area contributed by atoms with Crippen molar-refractivity contribution in [1.29, 1.82) is 0 Å². The summed E-state index contributed by atoms with van der Waals surface area (Å²) in [7, 11) is 0. The minimum atomic E-state index is -0.447. The van der Waals surface area contributed by atoms with Crippen LogP contribution in [0, 0.1) is 0 Å². The number of hydrogen-bond acceptors (Lipinski definition) is 3. The molecule has 0 bridgehead atoms. The van der Waals surface area contributed by atoms with E-state index in [1.807, 2.05) is 24.3 Å². The number of carbonyl (C=O) groups is 2. The first-order valence-electron chi connectivity index (χ1n) is 7.80. The Morgan fingerprint density at radius 1 is 1.14 bits per heavy atom. The van der Waals surface area contributed by atoms with E-state index in [4.69, 9.17) is 4.74 Å². The van der Waals surface area contributed by atoms with E-state index >= 15 is 0 Å². The van der Waals surface area contributed by atoms with E-state index in [0.29, 0.717) is 19.6 Å². The lowest BCUT2D eigenvalue weighted by molar-refractivity contribution is -0.122. The molecule has 0 aliphatic carbocycles. The average molecular weight is 303 g/mol. The number of rotatable bonds is 2. The summed E-state index contributed by atoms with van der Waals surface area (Å²) in [6, 6.07) is 6.87. The Morgan fingerprint density at radius 2 is 1.95 bits per heavy atom. The smallest absolute Gasteiger partial charge is 0.315 e. The minimum absolute atomic E-state index is 0.0845. The van der Waals surface area contributed by atoms with Gasteiger partial charge in [0.2, 0.25) is 5.91 Å². The van der Waals surface area contributed by atoms with Crippen molar-refractivity contribution in [3.8, 4) is 5.75 Å². The molecule has 22 heavy (non-hydrogen) atoms. The van der Waals surface area contributed by atoms with Crippen molar-refractivity contribution >= 4 is 11.9 Å². The third-order valence-corrected chi connectivity index (χ3v) is 4.10. The van der Waals surface area contributed by atoms with Gasteiger partial charge in [-0.3, -0.25) is 4.79 Å². The first kappa shape index (κ1) is 14.7. The van der Waals surface area contributed by atoms with E-state index in [1.165, 1.54) is 0 Å². The van der Waals surface area contributed by atoms with Crippen molar-refractivity contribution in [2.75, 3.05) is 13.2 Å². The van der Waals surface area contributed by atoms with Crippen LogP contribution < -0.4 is 20.7 Å². The zero-order valence-corrected chi connectivity index (χ0v) is 12.4. The molecular weight excluding hydrogens is 282 g/mol. The molecule has 2 aliphatic rings. The van der Waals surface area contributed by atoms with Crippen molar-refractivity contribution in [1.82, 2.24) is 16.0 Å². The quantitative estimate of drug-likeness (QED) is 0.774. The van der Waals surface area contributed by atoms with Crippen LogP contribution in [0.4, 0.5) is 4.79 Å². The van der Waals surface area contributed by atoms with Crippen molar-refractivity contribution in [2.45, 2.75) is 37.8 Å². The van der Waals surface area contributed by atoms with Crippen LogP contribution in [-0.2, 0) is 4.79 Å². The number of fused-ring (bicyclic) bond motifs is 1. The van der Waals surface area contributed by atoms with Gasteiger partial charge in [-0.05, 0) is 25.3 Å². The van der Waals surface area contributed by atoms with E-state index in [9.17, 15) is 9.59 Å². The van der Waals surface area contributed by atoms with Crippen molar-refractivity contribution in [3.63, 3.8) is 0 Å². The van der Waals surface area contributed by atoms with Crippen LogP contribution >= 0.6 is 0 Å². The molecule has 2 heterocycles. The molecular formula is C16H21N3O3. The number of benzene rings is 1. The molecule has 0 saturated carbocycles. The minimum Gasteiger partial charge on any atom is -0.493 e. The van der Waals surface area contributed by atoms with Crippen LogP contribution in [0.2, 0.25) is 0 Å². The number of carbonyl (C=O) groups excluding carboxylic acids is 2. The van der Waals surface area contributed by atoms with Gasteiger partial charge in [-0.2, -0.15) is 0 Å². The molecule has 6 nitrogen and oxygen atoms in total. The number of nitrogens with one attached hydrogen (secondary N) is 3. The van der Waals surface area contributed by atoms with Gasteiger partial charge >= 0.3 is 6.03 Å². The van der Waals surface area contributed by atoms with Crippen molar-refractivity contribution < 1.29 is 14.3 Å². The number of para-hydroxylation sites is 1. The fraction of sp³-hybridized carbons (Fsp3) is 0.500. The molecule has 1 fully saturated rings. The summed E-state index contributed by atoms with van der Waals surface area (Å²) in [5.74, 6) is 0.714. The maximum atomic E-state index is 12.2. The van der Waals surface area contributed by atoms with E-state index in [-0.39, 0.29) is 18.0 Å². The monoisotopic (exact) mass is 303 g/mol. The van der Waals surface area contributed by atoms with Crippen LogP contribution in [0.1, 0.15) is 37.3 Å². The Morgan fingerprint density at radius 3 is 2.86 bits per heavy atom. The third-order valence-electron chi connectivity index (χ3n) is 4.10. The van der Waals surface area contributed by atoms with Crippen molar-refractivity contribution in [2.24, 2.45) is 0 Å². The second-order valence-electron chi connectivity index (χ2n) is 5.68. The first-order valence-corrected chi connectivity index (χ1v) is 7.80. The third kappa shape index (κ3) is 3.32. The largest absolute Gasteiger partial charge is 0.493 e. The topological polar surface area (TPSA) is 79.5 Å². The van der Waals surface area contributed by atoms with Gasteiger partial charge in [-0.15, -0.1) is 0 Å². The SMILES string of the molecule is O=C(NC1CCCCNC1=O)NC1CCOc2ccccc21. The summed E-state index contributed by atoms with van der Waals surface area (Å²) in [4.78, 5) is 24.1. The van der Waals surface area contributed by atoms with E-state index in [0.717, 1.165) is 30.6 Å². The second kappa shape index (κ2) is 6.68. The van der Waals surface area contributed by atoms with E-state index < -0.39 is 6.04 Å². The van der Waals surface area contributed by atoms with Crippen LogP contribution in [0.5, 0.6) is 5.75 Å². The fourth-order valence-electron chi connectivity index (χ4n) is 2.93. The number of urea groups is 1. The van der Waals surface area contributed by atoms with Gasteiger partial charge in [0.15, 0.2) is 0 Å². The molecule has 0 aromatic heterocycles. The lowest BCUT2D eigenvalue weighted by Gasteiger charge is -2.27. The van der Waals surface area contributed by atoms with Crippen LogP contribution in [-0.4, -0.2) is 31.1 Å². The molecule has 2 atom stereocenters. The molecule has 0 radical (unpaired) electrons. The average Bonchev–Trinajstić information content (AvgIpc) is 2.73. The number of hydrogen-bond donors (Lipinski definition) is 3. The summed E-state index contributed by atoms with van der Waals surface area (Å²) in [6.07, 6.45) is 3.30. The molecule has 2 aliphatic heterocycles. The normalized spacial score (nSPS) is 24.3. The highest BCUT2D eigenvalue weighted by Gasteiger charge is 2.26. The van der Waals surface area contributed by atoms with Crippen molar-refractivity contribution in [3.05, 3.63) is 29.8 Å². The molecule has 3 rings (SSSR count). The Kier molecular flexibility index (Phi) is 4.46. The van der Waals surface area contributed by atoms with Gasteiger partial charge in [0.1, 0.15) is 11.8 Å². The molecule has 2 unspecified atom stereocenters. The molecule has 6 heteroatoms. The number of amides is 3. The molecule has 1 saturated heterocycles. The molecule has 1 aromatic rings. The maximum Gasteiger partial charge on any atom is 0.315 e. The zero-order valence-electron chi connectivity index (χ0n) is 12.4. The Hall–Kier alpha value is -2.24. The lowest BCUT2D eigenvalue weighted by atomic mass is 10.0. The van der Waals surface area contributed by atoms with Gasteiger partial charge in [0.05, 0.1) is 12.6 Å². The Balaban J connectivity index is 1.61. The summed E-state index contributed by atoms with van der Waals surface area (Å²) in [5.41, 5.74) is 0.981. The highest BCUT2D eigenvalue weighted by molar-refractivity contribution is 5.87. The molecule has 3 amide bonds. The maximum absolute atomic E-state index is 12.2. The molecule has 118 valence electrons. The number of ether oxygens (including phenoxy) is 1. The molecule has 1 aromatic carbocycles. The van der Waals surface area contributed by atoms with E-state index in [1.54, 1.807) is 0 Å². The highest BCUT2D eigenvalue weighted by Crippen LogP contribution is 2.31. The standard InChI is InChI=1S/C16H21N3O3/c20-15-13(6-3-4-9-17-15)19-16(21)18-12-8-10-22-14-7-2-1-5-11(12)14/h1-2,5,7,12-13H,3-4,6,8-10H2,(H,17,20)(H2,18,19,21). The lowest BCUT2D eigenvalue weighted by Crippen LogP contribution is -2.50. The predicted octanol–water partition coefficient (Wildman–Crippen LogP) is 1.48. The van der Waals surface area contributed by atoms with Gasteiger partial charge in [-0.1, -0.05) is 18.2 Å². The predicted molar refractivity (Wildman–Crippen MR) is 81.6 cm³/mol. The Bertz CT molecular complexity index is 561. The van der Waals surface area contributed by atoms with Gasteiger partial charge < -0.3 is 20.7 Å². The fourth-order valence-corrected chi connectivity index (χ4v) is 2.93. The molecule has 3 N–H and O–H groups in total. The van der Waals surface area contributed by atoms with Gasteiger partial charge in [0, 0.05) is 18.5 Å². The van der Waals surface area contributed by atoms with E-state index in [2.05, 4.69) is 16.0 Å². The van der Waals surface area contributed by atoms with Crippen LogP contribution in [0.25, 0.3) is 0 Å². The first-order chi connectivity index (χ1) is 10.7. The van der Waals surface area contributed by atoms with Gasteiger partial charge in [0.25, 0.3) is 0 Å². The summed E-state index contributed by atoms with van der Waals surface area (Å²) in [6.45, 7) is 1.26.